The zero-order valence-corrected chi connectivity index (χ0v) is 20.7. The van der Waals surface area contributed by atoms with E-state index in [0.29, 0.717) is 5.02 Å². The van der Waals surface area contributed by atoms with Gasteiger partial charge in [-0.05, 0) is 61.6 Å². The minimum atomic E-state index is -0.164. The maximum absolute atomic E-state index is 6.56. The standard InChI is InChI=1S/C26H26Cl2N2OS/c1-5-23(20(13-17-6-7-17)18-8-10-19(27)11-9-18)29-26-30-25(16(3)32-26)21-12-15(2)24(31-4)14-22(21)28/h1,8-12,14,17,20,23H,6-7,13H2,2-4H3,(H,29,30)/t20-,23?/m0/s1. The fourth-order valence-electron chi connectivity index (χ4n) is 4.05. The summed E-state index contributed by atoms with van der Waals surface area (Å²) in [7, 11) is 1.65. The Labute approximate surface area is 204 Å². The van der Waals surface area contributed by atoms with Crippen LogP contribution in [0.1, 0.15) is 41.2 Å². The van der Waals surface area contributed by atoms with E-state index in [4.69, 9.17) is 39.3 Å². The van der Waals surface area contributed by atoms with Crippen LogP contribution in [0.15, 0.2) is 36.4 Å². The van der Waals surface area contributed by atoms with E-state index in [0.717, 1.165) is 49.9 Å². The lowest BCUT2D eigenvalue weighted by atomic mass is 9.87. The normalized spacial score (nSPS) is 15.1. The number of benzene rings is 2. The number of aryl methyl sites for hydroxylation is 2. The van der Waals surface area contributed by atoms with Crippen molar-refractivity contribution in [2.75, 3.05) is 12.4 Å². The van der Waals surface area contributed by atoms with Crippen LogP contribution < -0.4 is 10.1 Å². The van der Waals surface area contributed by atoms with Crippen LogP contribution in [-0.2, 0) is 0 Å². The Kier molecular flexibility index (Phi) is 7.00. The molecule has 32 heavy (non-hydrogen) atoms. The predicted octanol–water partition coefficient (Wildman–Crippen LogP) is 7.74. The monoisotopic (exact) mass is 484 g/mol. The highest BCUT2D eigenvalue weighted by Crippen LogP contribution is 2.42. The van der Waals surface area contributed by atoms with Gasteiger partial charge in [0.05, 0.1) is 23.9 Å². The van der Waals surface area contributed by atoms with Crippen molar-refractivity contribution in [1.82, 2.24) is 4.98 Å². The molecule has 1 N–H and O–H groups in total. The highest BCUT2D eigenvalue weighted by atomic mass is 35.5. The zero-order chi connectivity index (χ0) is 22.8. The average Bonchev–Trinajstić information content (AvgIpc) is 3.53. The van der Waals surface area contributed by atoms with E-state index in [2.05, 4.69) is 30.3 Å². The molecule has 4 rings (SSSR count). The summed E-state index contributed by atoms with van der Waals surface area (Å²) in [5.41, 5.74) is 3.99. The zero-order valence-electron chi connectivity index (χ0n) is 18.4. The number of terminal acetylenes is 1. The number of hydrogen-bond donors (Lipinski definition) is 1. The Morgan fingerprint density at radius 2 is 1.94 bits per heavy atom. The van der Waals surface area contributed by atoms with Gasteiger partial charge in [0.2, 0.25) is 0 Å². The maximum atomic E-state index is 6.56. The van der Waals surface area contributed by atoms with Gasteiger partial charge in [-0.3, -0.25) is 0 Å². The van der Waals surface area contributed by atoms with Crippen molar-refractivity contribution in [2.45, 2.75) is 45.1 Å². The summed E-state index contributed by atoms with van der Waals surface area (Å²) in [5.74, 6) is 4.69. The number of rotatable bonds is 8. The molecule has 0 bridgehead atoms. The van der Waals surface area contributed by atoms with Gasteiger partial charge in [-0.1, -0.05) is 54.1 Å². The number of ether oxygens (including phenoxy) is 1. The SMILES string of the molecule is C#CC(Nc1nc(-c2cc(C)c(OC)cc2Cl)c(C)s1)[C@@H](CC1CC1)c1ccc(Cl)cc1. The number of nitrogens with zero attached hydrogens (tertiary/aromatic N) is 1. The van der Waals surface area contributed by atoms with Gasteiger partial charge in [0, 0.05) is 21.4 Å². The molecule has 6 heteroatoms. The highest BCUT2D eigenvalue weighted by molar-refractivity contribution is 7.16. The topological polar surface area (TPSA) is 34.2 Å². The third-order valence-electron chi connectivity index (χ3n) is 5.98. The quantitative estimate of drug-likeness (QED) is 0.332. The van der Waals surface area contributed by atoms with Crippen LogP contribution in [0.25, 0.3) is 11.3 Å². The lowest BCUT2D eigenvalue weighted by Crippen LogP contribution is -2.26. The Morgan fingerprint density at radius 1 is 1.22 bits per heavy atom. The fourth-order valence-corrected chi connectivity index (χ4v) is 5.29. The van der Waals surface area contributed by atoms with Crippen LogP contribution in [0, 0.1) is 32.1 Å². The first-order valence-corrected chi connectivity index (χ1v) is 12.3. The molecule has 0 saturated heterocycles. The molecule has 0 amide bonds. The second-order valence-corrected chi connectivity index (χ2v) is 10.4. The molecule has 166 valence electrons. The molecule has 1 unspecified atom stereocenters. The summed E-state index contributed by atoms with van der Waals surface area (Å²) in [4.78, 5) is 5.96. The van der Waals surface area contributed by atoms with E-state index in [1.807, 2.05) is 31.2 Å². The molecule has 0 radical (unpaired) electrons. The van der Waals surface area contributed by atoms with Crippen molar-refractivity contribution in [1.29, 1.82) is 0 Å². The number of anilines is 1. The highest BCUT2D eigenvalue weighted by Gasteiger charge is 2.31. The number of aromatic nitrogens is 1. The molecular weight excluding hydrogens is 459 g/mol. The summed E-state index contributed by atoms with van der Waals surface area (Å²) in [5, 5.41) is 5.69. The fraction of sp³-hybridized carbons (Fsp3) is 0.346. The largest absolute Gasteiger partial charge is 0.496 e. The molecule has 2 aromatic carbocycles. The number of halogens is 2. The minimum absolute atomic E-state index is 0.164. The van der Waals surface area contributed by atoms with Crippen molar-refractivity contribution >= 4 is 39.7 Å². The van der Waals surface area contributed by atoms with E-state index in [1.54, 1.807) is 18.4 Å². The molecule has 0 aliphatic heterocycles. The van der Waals surface area contributed by atoms with Crippen LogP contribution in [-0.4, -0.2) is 18.1 Å². The Bertz CT molecular complexity index is 1150. The van der Waals surface area contributed by atoms with E-state index in [1.165, 1.54) is 18.4 Å². The first kappa shape index (κ1) is 23.0. The Morgan fingerprint density at radius 3 is 2.56 bits per heavy atom. The molecule has 1 aliphatic rings. The van der Waals surface area contributed by atoms with Crippen LogP contribution >= 0.6 is 34.5 Å². The van der Waals surface area contributed by atoms with Crippen molar-refractivity contribution in [3.05, 3.63) is 62.4 Å². The van der Waals surface area contributed by atoms with Gasteiger partial charge in [0.15, 0.2) is 5.13 Å². The van der Waals surface area contributed by atoms with E-state index < -0.39 is 0 Å². The third-order valence-corrected chi connectivity index (χ3v) is 7.45. The van der Waals surface area contributed by atoms with E-state index in [-0.39, 0.29) is 12.0 Å². The summed E-state index contributed by atoms with van der Waals surface area (Å²) < 4.78 is 5.39. The summed E-state index contributed by atoms with van der Waals surface area (Å²) in [6.07, 6.45) is 9.63. The van der Waals surface area contributed by atoms with Crippen LogP contribution in [0.4, 0.5) is 5.13 Å². The summed E-state index contributed by atoms with van der Waals surface area (Å²) in [6.45, 7) is 4.06. The van der Waals surface area contributed by atoms with Gasteiger partial charge >= 0.3 is 0 Å². The van der Waals surface area contributed by atoms with Gasteiger partial charge in [-0.25, -0.2) is 4.98 Å². The lowest BCUT2D eigenvalue weighted by Gasteiger charge is -2.24. The number of thiazole rings is 1. The Hall–Kier alpha value is -2.19. The van der Waals surface area contributed by atoms with Gasteiger partial charge in [0.1, 0.15) is 5.75 Å². The molecule has 1 heterocycles. The van der Waals surface area contributed by atoms with Crippen molar-refractivity contribution in [3.8, 4) is 29.4 Å². The smallest absolute Gasteiger partial charge is 0.184 e. The lowest BCUT2D eigenvalue weighted by molar-refractivity contribution is 0.412. The maximum Gasteiger partial charge on any atom is 0.184 e. The first-order valence-electron chi connectivity index (χ1n) is 10.7. The predicted molar refractivity (Wildman–Crippen MR) is 136 cm³/mol. The van der Waals surface area contributed by atoms with Crippen LogP contribution in [0.3, 0.4) is 0 Å². The molecule has 3 nitrogen and oxygen atoms in total. The van der Waals surface area contributed by atoms with Crippen molar-refractivity contribution in [2.24, 2.45) is 5.92 Å². The van der Waals surface area contributed by atoms with E-state index in [9.17, 15) is 0 Å². The molecule has 1 fully saturated rings. The van der Waals surface area contributed by atoms with Gasteiger partial charge in [-0.15, -0.1) is 17.8 Å². The summed E-state index contributed by atoms with van der Waals surface area (Å²) in [6, 6.07) is 11.7. The second kappa shape index (κ2) is 9.75. The number of methoxy groups -OCH3 is 1. The second-order valence-electron chi connectivity index (χ2n) is 8.35. The Balaban J connectivity index is 1.62. The molecule has 3 aromatic rings. The molecule has 1 aliphatic carbocycles. The molecular formula is C26H26Cl2N2OS. The van der Waals surface area contributed by atoms with Gasteiger partial charge in [0.25, 0.3) is 0 Å². The van der Waals surface area contributed by atoms with Gasteiger partial charge in [-0.2, -0.15) is 0 Å². The first-order chi connectivity index (χ1) is 15.4. The molecule has 1 aromatic heterocycles. The van der Waals surface area contributed by atoms with E-state index >= 15 is 0 Å². The van der Waals surface area contributed by atoms with Crippen LogP contribution in [0.5, 0.6) is 5.75 Å². The molecule has 1 saturated carbocycles. The third kappa shape index (κ3) is 5.07. The van der Waals surface area contributed by atoms with Crippen LogP contribution in [0.2, 0.25) is 10.0 Å². The molecule has 0 spiro atoms. The summed E-state index contributed by atoms with van der Waals surface area (Å²) >= 11 is 14.3. The average molecular weight is 485 g/mol. The number of hydrogen-bond acceptors (Lipinski definition) is 4. The van der Waals surface area contributed by atoms with Gasteiger partial charge < -0.3 is 10.1 Å². The van der Waals surface area contributed by atoms with Crippen molar-refractivity contribution < 1.29 is 4.74 Å². The number of nitrogens with one attached hydrogen (secondary N) is 1. The van der Waals surface area contributed by atoms with Crippen molar-refractivity contribution in [3.63, 3.8) is 0 Å². The minimum Gasteiger partial charge on any atom is -0.496 e. The molecule has 2 atom stereocenters.